The molecule has 2 N–H and O–H groups in total. The summed E-state index contributed by atoms with van der Waals surface area (Å²) in [6.07, 6.45) is -3.57. The molecule has 29 heavy (non-hydrogen) atoms. The minimum absolute atomic E-state index is 0.0524. The van der Waals surface area contributed by atoms with E-state index in [1.807, 2.05) is 0 Å². The zero-order chi connectivity index (χ0) is 21.2. The molecule has 0 unspecified atom stereocenters. The molecule has 1 amide bonds. The normalized spacial score (nSPS) is 11.2. The zero-order valence-corrected chi connectivity index (χ0v) is 15.6. The standard InChI is InChI=1S/C19H13ClF3N3O3/c1-10-4-2-3-5-15(10)29-16-8-13(19(21,22)23)14(20)7-12(16)18(28)25-11-6-17(27)26-24-9-11/h2-9H,1H3,(H2,25,26,27,28). The molecule has 1 heterocycles. The van der Waals surface area contributed by atoms with E-state index in [1.165, 1.54) is 6.20 Å². The number of rotatable bonds is 4. The number of nitrogens with one attached hydrogen (secondary N) is 2. The van der Waals surface area contributed by atoms with Crippen LogP contribution in [0.2, 0.25) is 5.02 Å². The van der Waals surface area contributed by atoms with Crippen LogP contribution in [0, 0.1) is 6.92 Å². The Bertz CT molecular complexity index is 1130. The van der Waals surface area contributed by atoms with Crippen molar-refractivity contribution in [2.45, 2.75) is 13.1 Å². The van der Waals surface area contributed by atoms with Gasteiger partial charge in [-0.15, -0.1) is 0 Å². The minimum atomic E-state index is -4.74. The van der Waals surface area contributed by atoms with Gasteiger partial charge in [0.25, 0.3) is 11.5 Å². The van der Waals surface area contributed by atoms with Crippen molar-refractivity contribution in [2.75, 3.05) is 5.32 Å². The van der Waals surface area contributed by atoms with Crippen LogP contribution in [0.1, 0.15) is 21.5 Å². The molecule has 0 aliphatic heterocycles. The first-order valence-corrected chi connectivity index (χ1v) is 8.53. The van der Waals surface area contributed by atoms with E-state index in [-0.39, 0.29) is 22.7 Å². The van der Waals surface area contributed by atoms with Crippen molar-refractivity contribution in [2.24, 2.45) is 0 Å². The molecule has 0 atom stereocenters. The van der Waals surface area contributed by atoms with Crippen molar-refractivity contribution < 1.29 is 22.7 Å². The van der Waals surface area contributed by atoms with Crippen molar-refractivity contribution >= 4 is 23.2 Å². The molecule has 0 fully saturated rings. The summed E-state index contributed by atoms with van der Waals surface area (Å²) in [7, 11) is 0. The molecule has 0 bridgehead atoms. The Balaban J connectivity index is 2.06. The second-order valence-corrected chi connectivity index (χ2v) is 6.39. The number of aromatic nitrogens is 2. The second-order valence-electron chi connectivity index (χ2n) is 5.98. The lowest BCUT2D eigenvalue weighted by Gasteiger charge is -2.17. The van der Waals surface area contributed by atoms with E-state index in [4.69, 9.17) is 16.3 Å². The lowest BCUT2D eigenvalue weighted by Crippen LogP contribution is -2.17. The van der Waals surface area contributed by atoms with Crippen LogP contribution in [0.15, 0.2) is 53.5 Å². The maximum absolute atomic E-state index is 13.3. The topological polar surface area (TPSA) is 84.1 Å². The van der Waals surface area contributed by atoms with Gasteiger partial charge in [-0.05, 0) is 30.7 Å². The molecule has 0 saturated carbocycles. The zero-order valence-electron chi connectivity index (χ0n) is 14.8. The predicted octanol–water partition coefficient (Wildman–Crippen LogP) is 4.80. The second kappa shape index (κ2) is 7.96. The van der Waals surface area contributed by atoms with E-state index in [2.05, 4.69) is 15.5 Å². The van der Waals surface area contributed by atoms with E-state index >= 15 is 0 Å². The monoisotopic (exact) mass is 423 g/mol. The molecule has 150 valence electrons. The predicted molar refractivity (Wildman–Crippen MR) is 101 cm³/mol. The van der Waals surface area contributed by atoms with Gasteiger partial charge in [0.1, 0.15) is 11.5 Å². The maximum atomic E-state index is 13.3. The Kier molecular flexibility index (Phi) is 5.60. The molecule has 10 heteroatoms. The van der Waals surface area contributed by atoms with Gasteiger partial charge in [-0.25, -0.2) is 5.10 Å². The fraction of sp³-hybridized carbons (Fsp3) is 0.105. The van der Waals surface area contributed by atoms with E-state index in [9.17, 15) is 22.8 Å². The molecule has 0 aliphatic rings. The third kappa shape index (κ3) is 4.75. The van der Waals surface area contributed by atoms with Gasteiger partial charge in [-0.2, -0.15) is 18.3 Å². The lowest BCUT2D eigenvalue weighted by atomic mass is 10.1. The molecule has 0 radical (unpaired) electrons. The van der Waals surface area contributed by atoms with E-state index in [0.717, 1.165) is 12.1 Å². The lowest BCUT2D eigenvalue weighted by molar-refractivity contribution is -0.137. The number of H-pyrrole nitrogens is 1. The van der Waals surface area contributed by atoms with Crippen LogP contribution < -0.4 is 15.6 Å². The third-order valence-electron chi connectivity index (χ3n) is 3.86. The van der Waals surface area contributed by atoms with Crippen LogP contribution in [-0.4, -0.2) is 16.1 Å². The SMILES string of the molecule is Cc1ccccc1Oc1cc(C(F)(F)F)c(Cl)cc1C(=O)Nc1cn[nH]c(=O)c1. The van der Waals surface area contributed by atoms with Crippen molar-refractivity contribution in [3.05, 3.63) is 80.7 Å². The minimum Gasteiger partial charge on any atom is -0.456 e. The number of alkyl halides is 3. The average Bonchev–Trinajstić information content (AvgIpc) is 2.63. The number of nitrogens with zero attached hydrogens (tertiary/aromatic N) is 1. The number of para-hydroxylation sites is 1. The smallest absolute Gasteiger partial charge is 0.417 e. The summed E-state index contributed by atoms with van der Waals surface area (Å²) in [4.78, 5) is 24.0. The number of hydrogen-bond donors (Lipinski definition) is 2. The van der Waals surface area contributed by atoms with Crippen LogP contribution >= 0.6 is 11.6 Å². The van der Waals surface area contributed by atoms with Gasteiger partial charge in [0.15, 0.2) is 0 Å². The summed E-state index contributed by atoms with van der Waals surface area (Å²) in [5, 5.41) is 7.40. The van der Waals surface area contributed by atoms with Crippen LogP contribution in [0.5, 0.6) is 11.5 Å². The Morgan fingerprint density at radius 3 is 2.55 bits per heavy atom. The Morgan fingerprint density at radius 2 is 1.90 bits per heavy atom. The summed E-state index contributed by atoms with van der Waals surface area (Å²) in [5.74, 6) is -0.891. The van der Waals surface area contributed by atoms with Crippen molar-refractivity contribution in [3.63, 3.8) is 0 Å². The number of anilines is 1. The summed E-state index contributed by atoms with van der Waals surface area (Å²) in [6, 6.07) is 9.24. The summed E-state index contributed by atoms with van der Waals surface area (Å²) < 4.78 is 45.5. The number of carbonyl (C=O) groups is 1. The molecule has 6 nitrogen and oxygen atoms in total. The molecule has 0 spiro atoms. The van der Waals surface area contributed by atoms with E-state index in [1.54, 1.807) is 31.2 Å². The van der Waals surface area contributed by atoms with Gasteiger partial charge < -0.3 is 10.1 Å². The Labute approximate surface area is 167 Å². The highest BCUT2D eigenvalue weighted by molar-refractivity contribution is 6.32. The van der Waals surface area contributed by atoms with Crippen LogP contribution in [0.4, 0.5) is 18.9 Å². The first-order valence-electron chi connectivity index (χ1n) is 8.15. The van der Waals surface area contributed by atoms with Gasteiger partial charge in [-0.3, -0.25) is 9.59 Å². The average molecular weight is 424 g/mol. The number of benzene rings is 2. The largest absolute Gasteiger partial charge is 0.456 e. The number of halogens is 4. The summed E-state index contributed by atoms with van der Waals surface area (Å²) >= 11 is 5.77. The van der Waals surface area contributed by atoms with E-state index in [0.29, 0.717) is 11.6 Å². The van der Waals surface area contributed by atoms with Gasteiger partial charge >= 0.3 is 6.18 Å². The molecule has 1 aromatic heterocycles. The van der Waals surface area contributed by atoms with Crippen molar-refractivity contribution in [3.8, 4) is 11.5 Å². The van der Waals surface area contributed by atoms with Gasteiger partial charge in [0.2, 0.25) is 0 Å². The van der Waals surface area contributed by atoms with Crippen LogP contribution in [0.25, 0.3) is 0 Å². The molecule has 2 aromatic carbocycles. The highest BCUT2D eigenvalue weighted by Crippen LogP contribution is 2.40. The molecule has 0 aliphatic carbocycles. The van der Waals surface area contributed by atoms with E-state index < -0.39 is 28.2 Å². The Hall–Kier alpha value is -3.33. The van der Waals surface area contributed by atoms with Crippen molar-refractivity contribution in [1.29, 1.82) is 0 Å². The molecular formula is C19H13ClF3N3O3. The quantitative estimate of drug-likeness (QED) is 0.631. The first-order chi connectivity index (χ1) is 13.6. The molecular weight excluding hydrogens is 411 g/mol. The number of aryl methyl sites for hydroxylation is 1. The van der Waals surface area contributed by atoms with Crippen molar-refractivity contribution in [1.82, 2.24) is 10.2 Å². The number of hydrogen-bond acceptors (Lipinski definition) is 4. The number of aromatic amines is 1. The summed E-state index contributed by atoms with van der Waals surface area (Å²) in [5.41, 5.74) is -1.24. The fourth-order valence-electron chi connectivity index (χ4n) is 2.46. The van der Waals surface area contributed by atoms with Gasteiger partial charge in [0, 0.05) is 6.07 Å². The highest BCUT2D eigenvalue weighted by atomic mass is 35.5. The molecule has 3 rings (SSSR count). The van der Waals surface area contributed by atoms with Gasteiger partial charge in [0.05, 0.1) is 28.0 Å². The van der Waals surface area contributed by atoms with Crippen LogP contribution in [-0.2, 0) is 6.18 Å². The number of ether oxygens (including phenoxy) is 1. The molecule has 3 aromatic rings. The highest BCUT2D eigenvalue weighted by Gasteiger charge is 2.35. The van der Waals surface area contributed by atoms with Crippen LogP contribution in [0.3, 0.4) is 0 Å². The maximum Gasteiger partial charge on any atom is 0.417 e. The number of carbonyl (C=O) groups excluding carboxylic acids is 1. The first kappa shape index (κ1) is 20.4. The van der Waals surface area contributed by atoms with Gasteiger partial charge in [-0.1, -0.05) is 29.8 Å². The molecule has 0 saturated heterocycles. The fourth-order valence-corrected chi connectivity index (χ4v) is 2.74. The third-order valence-corrected chi connectivity index (χ3v) is 4.17. The summed E-state index contributed by atoms with van der Waals surface area (Å²) in [6.45, 7) is 1.71. The number of amides is 1. The Morgan fingerprint density at radius 1 is 1.17 bits per heavy atom.